The lowest BCUT2D eigenvalue weighted by Crippen LogP contribution is -2.31. The van der Waals surface area contributed by atoms with Crippen molar-refractivity contribution in [1.82, 2.24) is 4.90 Å². The highest BCUT2D eigenvalue weighted by Gasteiger charge is 2.43. The number of carbonyl (C=O) groups excluding carboxylic acids is 1. The number of ketones is 1. The number of piperidine rings is 1. The van der Waals surface area contributed by atoms with E-state index in [1.54, 1.807) is 0 Å². The molecule has 0 aromatic heterocycles. The van der Waals surface area contributed by atoms with E-state index in [-0.39, 0.29) is 11.7 Å². The van der Waals surface area contributed by atoms with E-state index in [1.807, 2.05) is 36.4 Å². The second kappa shape index (κ2) is 9.23. The number of ether oxygens (including phenoxy) is 1. The van der Waals surface area contributed by atoms with E-state index in [4.69, 9.17) is 4.74 Å². The molecule has 148 valence electrons. The minimum Gasteiger partial charge on any atom is -0.494 e. The van der Waals surface area contributed by atoms with Crippen LogP contribution in [-0.4, -0.2) is 36.9 Å². The Kier molecular flexibility index (Phi) is 6.48. The standard InChI is InChI=1S/C24H28BrNO2/c25-20-9-5-18(6-10-20)22-17-23(22)24(27)19-7-11-21(12-8-19)28-16-4-15-26-13-2-1-3-14-26/h5-12,22-23H,1-4,13-17H2/t22-,23+/m0/s1. The Hall–Kier alpha value is -1.65. The van der Waals surface area contributed by atoms with Gasteiger partial charge >= 0.3 is 0 Å². The van der Waals surface area contributed by atoms with Gasteiger partial charge in [0.05, 0.1) is 6.61 Å². The molecular weight excluding hydrogens is 414 g/mol. The Balaban J connectivity index is 1.23. The van der Waals surface area contributed by atoms with E-state index < -0.39 is 0 Å². The van der Waals surface area contributed by atoms with Gasteiger partial charge in [-0.2, -0.15) is 0 Å². The topological polar surface area (TPSA) is 29.5 Å². The second-order valence-corrected chi connectivity index (χ2v) is 8.91. The van der Waals surface area contributed by atoms with Crippen LogP contribution in [0.25, 0.3) is 0 Å². The first kappa shape index (κ1) is 19.7. The molecule has 1 aliphatic carbocycles. The van der Waals surface area contributed by atoms with E-state index in [0.717, 1.165) is 41.8 Å². The second-order valence-electron chi connectivity index (χ2n) is 7.99. The fraction of sp³-hybridized carbons (Fsp3) is 0.458. The Morgan fingerprint density at radius 3 is 2.43 bits per heavy atom. The van der Waals surface area contributed by atoms with Crippen LogP contribution in [-0.2, 0) is 0 Å². The molecule has 2 aliphatic rings. The van der Waals surface area contributed by atoms with Gasteiger partial charge in [-0.1, -0.05) is 34.5 Å². The molecule has 1 heterocycles. The van der Waals surface area contributed by atoms with Gasteiger partial charge in [-0.3, -0.25) is 4.79 Å². The number of halogens is 1. The lowest BCUT2D eigenvalue weighted by Gasteiger charge is -2.26. The summed E-state index contributed by atoms with van der Waals surface area (Å²) >= 11 is 3.46. The van der Waals surface area contributed by atoms with E-state index in [1.165, 1.54) is 37.9 Å². The fourth-order valence-electron chi connectivity index (χ4n) is 4.15. The molecule has 3 nitrogen and oxygen atoms in total. The third-order valence-corrected chi connectivity index (χ3v) is 6.43. The van der Waals surface area contributed by atoms with Crippen LogP contribution in [0.15, 0.2) is 53.0 Å². The average molecular weight is 442 g/mol. The Morgan fingerprint density at radius 1 is 1.00 bits per heavy atom. The molecule has 0 spiro atoms. The number of carbonyl (C=O) groups is 1. The summed E-state index contributed by atoms with van der Waals surface area (Å²) in [6, 6.07) is 16.0. The molecule has 2 aromatic rings. The van der Waals surface area contributed by atoms with Crippen LogP contribution in [0.3, 0.4) is 0 Å². The van der Waals surface area contributed by atoms with Crippen molar-refractivity contribution in [2.75, 3.05) is 26.2 Å². The number of hydrogen-bond donors (Lipinski definition) is 0. The monoisotopic (exact) mass is 441 g/mol. The van der Waals surface area contributed by atoms with Gasteiger partial charge in [-0.05, 0) is 86.7 Å². The van der Waals surface area contributed by atoms with E-state index in [0.29, 0.717) is 5.92 Å². The van der Waals surface area contributed by atoms with Crippen molar-refractivity contribution in [2.45, 2.75) is 38.0 Å². The summed E-state index contributed by atoms with van der Waals surface area (Å²) < 4.78 is 6.94. The van der Waals surface area contributed by atoms with Crippen LogP contribution < -0.4 is 4.74 Å². The molecule has 0 radical (unpaired) electrons. The number of Topliss-reactive ketones (excluding diaryl/α,β-unsaturated/α-hetero) is 1. The zero-order chi connectivity index (χ0) is 19.3. The molecule has 28 heavy (non-hydrogen) atoms. The highest BCUT2D eigenvalue weighted by molar-refractivity contribution is 9.10. The Labute approximate surface area is 176 Å². The summed E-state index contributed by atoms with van der Waals surface area (Å²) in [5.74, 6) is 1.60. The molecule has 1 saturated heterocycles. The van der Waals surface area contributed by atoms with Crippen LogP contribution in [0.2, 0.25) is 0 Å². The van der Waals surface area contributed by atoms with Crippen LogP contribution in [0.5, 0.6) is 5.75 Å². The maximum absolute atomic E-state index is 12.7. The minimum atomic E-state index is 0.123. The van der Waals surface area contributed by atoms with E-state index >= 15 is 0 Å². The van der Waals surface area contributed by atoms with Gasteiger partial charge in [0.2, 0.25) is 0 Å². The predicted octanol–water partition coefficient (Wildman–Crippen LogP) is 5.69. The number of nitrogens with zero attached hydrogens (tertiary/aromatic N) is 1. The lowest BCUT2D eigenvalue weighted by molar-refractivity contribution is 0.0965. The molecule has 0 amide bonds. The van der Waals surface area contributed by atoms with Gasteiger partial charge in [-0.15, -0.1) is 0 Å². The van der Waals surface area contributed by atoms with Gasteiger partial charge in [0.1, 0.15) is 5.75 Å². The van der Waals surface area contributed by atoms with Gasteiger partial charge in [0.15, 0.2) is 5.78 Å². The SMILES string of the molecule is O=C(c1ccc(OCCCN2CCCCC2)cc1)[C@@H]1C[C@H]1c1ccc(Br)cc1. The van der Waals surface area contributed by atoms with Crippen LogP contribution in [0.1, 0.15) is 53.9 Å². The zero-order valence-corrected chi connectivity index (χ0v) is 17.9. The number of rotatable bonds is 8. The molecule has 0 bridgehead atoms. The molecule has 4 heteroatoms. The molecule has 0 unspecified atom stereocenters. The maximum Gasteiger partial charge on any atom is 0.166 e. The highest BCUT2D eigenvalue weighted by atomic mass is 79.9. The van der Waals surface area contributed by atoms with Gasteiger partial charge in [0, 0.05) is 22.5 Å². The minimum absolute atomic E-state index is 0.123. The third-order valence-electron chi connectivity index (χ3n) is 5.90. The average Bonchev–Trinajstić information content (AvgIpc) is 3.53. The molecule has 2 aromatic carbocycles. The fourth-order valence-corrected chi connectivity index (χ4v) is 4.42. The Morgan fingerprint density at radius 2 is 1.71 bits per heavy atom. The number of benzene rings is 2. The summed E-state index contributed by atoms with van der Waals surface area (Å²) in [5, 5.41) is 0. The van der Waals surface area contributed by atoms with Crippen molar-refractivity contribution in [3.05, 3.63) is 64.1 Å². The quantitative estimate of drug-likeness (QED) is 0.389. The first-order chi connectivity index (χ1) is 13.7. The lowest BCUT2D eigenvalue weighted by atomic mass is 10.0. The van der Waals surface area contributed by atoms with Crippen molar-refractivity contribution in [2.24, 2.45) is 5.92 Å². The predicted molar refractivity (Wildman–Crippen MR) is 116 cm³/mol. The van der Waals surface area contributed by atoms with Crippen molar-refractivity contribution in [3.8, 4) is 5.75 Å². The molecule has 1 saturated carbocycles. The first-order valence-electron chi connectivity index (χ1n) is 10.5. The highest BCUT2D eigenvalue weighted by Crippen LogP contribution is 2.49. The molecule has 4 rings (SSSR count). The van der Waals surface area contributed by atoms with Crippen LogP contribution >= 0.6 is 15.9 Å². The van der Waals surface area contributed by atoms with Gasteiger partial charge < -0.3 is 9.64 Å². The summed E-state index contributed by atoms with van der Waals surface area (Å²) in [7, 11) is 0. The number of likely N-dealkylation sites (tertiary alicyclic amines) is 1. The smallest absolute Gasteiger partial charge is 0.166 e. The van der Waals surface area contributed by atoms with E-state index in [2.05, 4.69) is 33.0 Å². The normalized spacial score (nSPS) is 22.0. The number of hydrogen-bond acceptors (Lipinski definition) is 3. The zero-order valence-electron chi connectivity index (χ0n) is 16.3. The first-order valence-corrected chi connectivity index (χ1v) is 11.2. The Bertz CT molecular complexity index is 781. The van der Waals surface area contributed by atoms with Crippen LogP contribution in [0, 0.1) is 5.92 Å². The van der Waals surface area contributed by atoms with Crippen molar-refractivity contribution < 1.29 is 9.53 Å². The molecular formula is C24H28BrNO2. The largest absolute Gasteiger partial charge is 0.494 e. The van der Waals surface area contributed by atoms with Crippen molar-refractivity contribution in [3.63, 3.8) is 0 Å². The van der Waals surface area contributed by atoms with Crippen LogP contribution in [0.4, 0.5) is 0 Å². The van der Waals surface area contributed by atoms with Crippen molar-refractivity contribution in [1.29, 1.82) is 0 Å². The molecule has 1 aliphatic heterocycles. The molecule has 2 fully saturated rings. The van der Waals surface area contributed by atoms with Gasteiger partial charge in [-0.25, -0.2) is 0 Å². The van der Waals surface area contributed by atoms with Crippen molar-refractivity contribution >= 4 is 21.7 Å². The summed E-state index contributed by atoms with van der Waals surface area (Å²) in [4.78, 5) is 15.3. The molecule has 2 atom stereocenters. The summed E-state index contributed by atoms with van der Waals surface area (Å²) in [6.45, 7) is 4.33. The van der Waals surface area contributed by atoms with E-state index in [9.17, 15) is 4.79 Å². The third kappa shape index (κ3) is 5.03. The summed E-state index contributed by atoms with van der Waals surface area (Å²) in [6.07, 6.45) is 6.05. The van der Waals surface area contributed by atoms with Gasteiger partial charge in [0.25, 0.3) is 0 Å². The summed E-state index contributed by atoms with van der Waals surface area (Å²) in [5.41, 5.74) is 2.06. The maximum atomic E-state index is 12.7. The molecule has 0 N–H and O–H groups in total.